The summed E-state index contributed by atoms with van der Waals surface area (Å²) in [5.74, 6) is -0.356. The maximum Gasteiger partial charge on any atom is 0.271 e. The molecule has 0 aliphatic rings. The van der Waals surface area contributed by atoms with Gasteiger partial charge < -0.3 is 11.1 Å². The van der Waals surface area contributed by atoms with Crippen LogP contribution in [0.3, 0.4) is 0 Å². The summed E-state index contributed by atoms with van der Waals surface area (Å²) < 4.78 is 0. The summed E-state index contributed by atoms with van der Waals surface area (Å²) >= 11 is 0. The van der Waals surface area contributed by atoms with Gasteiger partial charge in [-0.1, -0.05) is 12.1 Å². The van der Waals surface area contributed by atoms with Crippen molar-refractivity contribution in [2.24, 2.45) is 0 Å². The largest absolute Gasteiger partial charge is 0.398 e. The zero-order valence-electron chi connectivity index (χ0n) is 11.7. The van der Waals surface area contributed by atoms with Crippen LogP contribution >= 0.6 is 0 Å². The summed E-state index contributed by atoms with van der Waals surface area (Å²) in [6.07, 6.45) is 0. The van der Waals surface area contributed by atoms with Crippen LogP contribution in [0.25, 0.3) is 0 Å². The SMILES string of the molecule is Cc1ccc(C(=O)Nc2cc([N+](=O)[O-])ccc2C)cc1N. The Hall–Kier alpha value is -2.89. The van der Waals surface area contributed by atoms with Crippen molar-refractivity contribution in [1.29, 1.82) is 0 Å². The van der Waals surface area contributed by atoms with Crippen LogP contribution in [0.4, 0.5) is 17.1 Å². The number of nitrogen functional groups attached to an aromatic ring is 1. The number of hydrogen-bond donors (Lipinski definition) is 2. The first-order valence-electron chi connectivity index (χ1n) is 6.31. The van der Waals surface area contributed by atoms with Crippen LogP contribution < -0.4 is 11.1 Å². The van der Waals surface area contributed by atoms with Crippen molar-refractivity contribution in [2.45, 2.75) is 13.8 Å². The molecule has 6 heteroatoms. The van der Waals surface area contributed by atoms with Gasteiger partial charge in [-0.15, -0.1) is 0 Å². The molecule has 2 rings (SSSR count). The summed E-state index contributed by atoms with van der Waals surface area (Å²) in [5.41, 5.74) is 8.68. The molecule has 0 radical (unpaired) electrons. The third kappa shape index (κ3) is 3.17. The first-order chi connectivity index (χ1) is 9.88. The summed E-state index contributed by atoms with van der Waals surface area (Å²) in [4.78, 5) is 22.5. The number of anilines is 2. The van der Waals surface area contributed by atoms with E-state index in [1.54, 1.807) is 31.2 Å². The molecule has 6 nitrogen and oxygen atoms in total. The second-order valence-corrected chi connectivity index (χ2v) is 4.78. The van der Waals surface area contributed by atoms with E-state index >= 15 is 0 Å². The van der Waals surface area contributed by atoms with E-state index in [0.29, 0.717) is 16.9 Å². The number of nitrogens with zero attached hydrogens (tertiary/aromatic N) is 1. The minimum Gasteiger partial charge on any atom is -0.398 e. The van der Waals surface area contributed by atoms with Gasteiger partial charge in [-0.2, -0.15) is 0 Å². The molecule has 0 fully saturated rings. The lowest BCUT2D eigenvalue weighted by molar-refractivity contribution is -0.384. The van der Waals surface area contributed by atoms with Crippen LogP contribution in [0.2, 0.25) is 0 Å². The fourth-order valence-corrected chi connectivity index (χ4v) is 1.83. The molecule has 2 aromatic rings. The number of non-ortho nitro benzene ring substituents is 1. The van der Waals surface area contributed by atoms with Crippen molar-refractivity contribution < 1.29 is 9.72 Å². The fourth-order valence-electron chi connectivity index (χ4n) is 1.83. The molecule has 0 heterocycles. The Kier molecular flexibility index (Phi) is 3.89. The van der Waals surface area contributed by atoms with Crippen LogP contribution in [-0.4, -0.2) is 10.8 Å². The highest BCUT2D eigenvalue weighted by Gasteiger charge is 2.12. The minimum atomic E-state index is -0.501. The first-order valence-corrected chi connectivity index (χ1v) is 6.31. The highest BCUT2D eigenvalue weighted by molar-refractivity contribution is 6.05. The summed E-state index contributed by atoms with van der Waals surface area (Å²) in [7, 11) is 0. The third-order valence-electron chi connectivity index (χ3n) is 3.22. The highest BCUT2D eigenvalue weighted by Crippen LogP contribution is 2.23. The molecule has 0 aliphatic carbocycles. The van der Waals surface area contributed by atoms with Crippen molar-refractivity contribution in [2.75, 3.05) is 11.1 Å². The Morgan fingerprint density at radius 1 is 1.14 bits per heavy atom. The van der Waals surface area contributed by atoms with Crippen molar-refractivity contribution in [3.8, 4) is 0 Å². The molecule has 21 heavy (non-hydrogen) atoms. The number of nitrogens with two attached hydrogens (primary N) is 1. The molecule has 1 amide bonds. The average molecular weight is 285 g/mol. The second kappa shape index (κ2) is 5.62. The van der Waals surface area contributed by atoms with Crippen LogP contribution in [-0.2, 0) is 0 Å². The van der Waals surface area contributed by atoms with Crippen LogP contribution in [0.1, 0.15) is 21.5 Å². The van der Waals surface area contributed by atoms with Gasteiger partial charge in [-0.3, -0.25) is 14.9 Å². The topological polar surface area (TPSA) is 98.3 Å². The number of aryl methyl sites for hydroxylation is 2. The fraction of sp³-hybridized carbons (Fsp3) is 0.133. The molecule has 2 aromatic carbocycles. The van der Waals surface area contributed by atoms with Gasteiger partial charge in [0.15, 0.2) is 0 Å². The normalized spacial score (nSPS) is 10.2. The van der Waals surface area contributed by atoms with E-state index < -0.39 is 4.92 Å². The number of nitro benzene ring substituents is 1. The Morgan fingerprint density at radius 2 is 1.81 bits per heavy atom. The summed E-state index contributed by atoms with van der Waals surface area (Å²) in [6.45, 7) is 3.62. The number of nitrogens with one attached hydrogen (secondary N) is 1. The number of carbonyl (C=O) groups is 1. The molecular weight excluding hydrogens is 270 g/mol. The molecule has 0 saturated heterocycles. The van der Waals surface area contributed by atoms with Crippen molar-refractivity contribution in [3.63, 3.8) is 0 Å². The van der Waals surface area contributed by atoms with E-state index in [1.807, 2.05) is 6.92 Å². The van der Waals surface area contributed by atoms with Crippen LogP contribution in [0.15, 0.2) is 36.4 Å². The van der Waals surface area contributed by atoms with Gasteiger partial charge in [-0.05, 0) is 37.1 Å². The smallest absolute Gasteiger partial charge is 0.271 e. The molecule has 0 aromatic heterocycles. The summed E-state index contributed by atoms with van der Waals surface area (Å²) in [5, 5.41) is 13.4. The number of rotatable bonds is 3. The zero-order valence-corrected chi connectivity index (χ0v) is 11.7. The molecule has 3 N–H and O–H groups in total. The number of amides is 1. The molecule has 0 unspecified atom stereocenters. The van der Waals surface area contributed by atoms with Gasteiger partial charge >= 0.3 is 0 Å². The monoisotopic (exact) mass is 285 g/mol. The molecule has 0 aliphatic heterocycles. The van der Waals surface area contributed by atoms with Crippen LogP contribution in [0, 0.1) is 24.0 Å². The number of hydrogen-bond acceptors (Lipinski definition) is 4. The van der Waals surface area contributed by atoms with Gasteiger partial charge in [0.05, 0.1) is 10.6 Å². The zero-order chi connectivity index (χ0) is 15.6. The molecule has 0 bridgehead atoms. The van der Waals surface area contributed by atoms with E-state index in [9.17, 15) is 14.9 Å². The molecule has 0 spiro atoms. The second-order valence-electron chi connectivity index (χ2n) is 4.78. The van der Waals surface area contributed by atoms with E-state index in [2.05, 4.69) is 5.32 Å². The molecular formula is C15H15N3O3. The number of carbonyl (C=O) groups excluding carboxylic acids is 1. The maximum absolute atomic E-state index is 12.2. The molecule has 0 atom stereocenters. The summed E-state index contributed by atoms with van der Waals surface area (Å²) in [6, 6.07) is 9.33. The maximum atomic E-state index is 12.2. The van der Waals surface area contributed by atoms with E-state index in [-0.39, 0.29) is 11.6 Å². The van der Waals surface area contributed by atoms with Gasteiger partial charge in [0.25, 0.3) is 11.6 Å². The number of benzene rings is 2. The van der Waals surface area contributed by atoms with Crippen molar-refractivity contribution in [1.82, 2.24) is 0 Å². The predicted molar refractivity (Wildman–Crippen MR) is 81.4 cm³/mol. The van der Waals surface area contributed by atoms with Gasteiger partial charge in [0.1, 0.15) is 0 Å². The standard InChI is InChI=1S/C15H15N3O3/c1-9-3-5-11(7-13(9)16)15(19)17-14-8-12(18(20)21)6-4-10(14)2/h3-8H,16H2,1-2H3,(H,17,19). The van der Waals surface area contributed by atoms with Crippen LogP contribution in [0.5, 0.6) is 0 Å². The van der Waals surface area contributed by atoms with Crippen molar-refractivity contribution in [3.05, 3.63) is 63.2 Å². The Balaban J connectivity index is 2.28. The Bertz CT molecular complexity index is 726. The predicted octanol–water partition coefficient (Wildman–Crippen LogP) is 3.05. The van der Waals surface area contributed by atoms with Crippen molar-refractivity contribution >= 4 is 23.0 Å². The van der Waals surface area contributed by atoms with E-state index in [1.165, 1.54) is 12.1 Å². The van der Waals surface area contributed by atoms with E-state index in [4.69, 9.17) is 5.73 Å². The Labute approximate surface area is 121 Å². The average Bonchev–Trinajstić information content (AvgIpc) is 2.43. The minimum absolute atomic E-state index is 0.0701. The van der Waals surface area contributed by atoms with Gasteiger partial charge in [0.2, 0.25) is 0 Å². The van der Waals surface area contributed by atoms with E-state index in [0.717, 1.165) is 11.1 Å². The third-order valence-corrected chi connectivity index (χ3v) is 3.22. The lowest BCUT2D eigenvalue weighted by atomic mass is 10.1. The first kappa shape index (κ1) is 14.5. The number of nitro groups is 1. The lowest BCUT2D eigenvalue weighted by Gasteiger charge is -2.09. The Morgan fingerprint density at radius 3 is 2.43 bits per heavy atom. The quantitative estimate of drug-likeness (QED) is 0.514. The van der Waals surface area contributed by atoms with Gasteiger partial charge in [0, 0.05) is 23.4 Å². The molecule has 108 valence electrons. The molecule has 0 saturated carbocycles. The highest BCUT2D eigenvalue weighted by atomic mass is 16.6. The van der Waals surface area contributed by atoms with Gasteiger partial charge in [-0.25, -0.2) is 0 Å². The lowest BCUT2D eigenvalue weighted by Crippen LogP contribution is -2.13.